The Bertz CT molecular complexity index is 625. The van der Waals surface area contributed by atoms with Gasteiger partial charge in [0.2, 0.25) is 0 Å². The summed E-state index contributed by atoms with van der Waals surface area (Å²) in [4.78, 5) is 0. The van der Waals surface area contributed by atoms with Crippen molar-refractivity contribution >= 4 is 17.3 Å². The highest BCUT2D eigenvalue weighted by atomic mass is 35.5. The van der Waals surface area contributed by atoms with Gasteiger partial charge in [0.1, 0.15) is 11.9 Å². The second kappa shape index (κ2) is 6.86. The van der Waals surface area contributed by atoms with Crippen LogP contribution < -0.4 is 10.1 Å². The van der Waals surface area contributed by atoms with E-state index >= 15 is 0 Å². The van der Waals surface area contributed by atoms with Crippen LogP contribution in [0.4, 0.5) is 5.69 Å². The van der Waals surface area contributed by atoms with E-state index in [1.165, 1.54) is 11.1 Å². The minimum Gasteiger partial charge on any atom is -0.489 e. The molecule has 2 aromatic carbocycles. The molecule has 0 fully saturated rings. The molecule has 3 heteroatoms. The van der Waals surface area contributed by atoms with E-state index in [4.69, 9.17) is 16.3 Å². The number of hydrogen-bond acceptors (Lipinski definition) is 2. The lowest BCUT2D eigenvalue weighted by molar-refractivity contribution is 0.233. The maximum atomic E-state index is 6.03. The van der Waals surface area contributed by atoms with Gasteiger partial charge in [-0.3, -0.25) is 0 Å². The third kappa shape index (κ3) is 4.40. The zero-order valence-electron chi connectivity index (χ0n) is 13.0. The average molecular weight is 304 g/mol. The minimum atomic E-state index is 0.0730. The van der Waals surface area contributed by atoms with Gasteiger partial charge in [-0.1, -0.05) is 29.8 Å². The molecule has 2 aromatic rings. The van der Waals surface area contributed by atoms with Crippen molar-refractivity contribution in [3.05, 3.63) is 58.1 Å². The van der Waals surface area contributed by atoms with Crippen molar-refractivity contribution in [2.45, 2.75) is 33.8 Å². The Morgan fingerprint density at radius 1 is 1.05 bits per heavy atom. The molecule has 21 heavy (non-hydrogen) atoms. The van der Waals surface area contributed by atoms with Crippen LogP contribution in [0.15, 0.2) is 36.4 Å². The molecule has 0 heterocycles. The van der Waals surface area contributed by atoms with E-state index in [1.807, 2.05) is 18.2 Å². The van der Waals surface area contributed by atoms with Crippen LogP contribution >= 0.6 is 11.6 Å². The maximum absolute atomic E-state index is 6.03. The third-order valence-electron chi connectivity index (χ3n) is 3.45. The van der Waals surface area contributed by atoms with E-state index < -0.39 is 0 Å². The molecule has 2 rings (SSSR count). The molecule has 112 valence electrons. The summed E-state index contributed by atoms with van der Waals surface area (Å²) in [5.41, 5.74) is 4.60. The predicted octanol–water partition coefficient (Wildman–Crippen LogP) is 5.14. The van der Waals surface area contributed by atoms with E-state index in [-0.39, 0.29) is 6.10 Å². The van der Waals surface area contributed by atoms with Crippen LogP contribution in [0.5, 0.6) is 5.75 Å². The van der Waals surface area contributed by atoms with Crippen molar-refractivity contribution in [1.82, 2.24) is 0 Å². The van der Waals surface area contributed by atoms with Gasteiger partial charge in [-0.25, -0.2) is 0 Å². The fourth-order valence-electron chi connectivity index (χ4n) is 2.13. The highest BCUT2D eigenvalue weighted by molar-refractivity contribution is 6.30. The molecule has 0 aliphatic heterocycles. The molecule has 0 aliphatic carbocycles. The molecule has 0 bridgehead atoms. The normalized spacial score (nSPS) is 12.0. The molecule has 0 aromatic heterocycles. The molecular formula is C18H22ClNO. The quantitative estimate of drug-likeness (QED) is 0.825. The Hall–Kier alpha value is -1.67. The second-order valence-electron chi connectivity index (χ2n) is 5.54. The van der Waals surface area contributed by atoms with Crippen LogP contribution in [0.1, 0.15) is 23.6 Å². The summed E-state index contributed by atoms with van der Waals surface area (Å²) in [5, 5.41) is 4.14. The van der Waals surface area contributed by atoms with Crippen molar-refractivity contribution in [1.29, 1.82) is 0 Å². The van der Waals surface area contributed by atoms with Crippen LogP contribution in [0.25, 0.3) is 0 Å². The van der Waals surface area contributed by atoms with Gasteiger partial charge in [-0.15, -0.1) is 0 Å². The van der Waals surface area contributed by atoms with E-state index in [0.29, 0.717) is 0 Å². The first-order chi connectivity index (χ1) is 9.95. The highest BCUT2D eigenvalue weighted by Gasteiger charge is 2.08. The molecule has 2 nitrogen and oxygen atoms in total. The van der Waals surface area contributed by atoms with Crippen LogP contribution in [0, 0.1) is 20.8 Å². The minimum absolute atomic E-state index is 0.0730. The van der Waals surface area contributed by atoms with E-state index in [1.54, 1.807) is 0 Å². The lowest BCUT2D eigenvalue weighted by Gasteiger charge is -2.19. The van der Waals surface area contributed by atoms with Gasteiger partial charge < -0.3 is 10.1 Å². The Balaban J connectivity index is 1.97. The molecule has 0 saturated heterocycles. The molecule has 1 atom stereocenters. The second-order valence-corrected chi connectivity index (χ2v) is 5.97. The van der Waals surface area contributed by atoms with E-state index in [0.717, 1.165) is 28.6 Å². The van der Waals surface area contributed by atoms with Gasteiger partial charge in [0, 0.05) is 10.7 Å². The zero-order chi connectivity index (χ0) is 15.4. The van der Waals surface area contributed by atoms with Gasteiger partial charge in [0.05, 0.1) is 6.54 Å². The average Bonchev–Trinajstić information content (AvgIpc) is 2.44. The smallest absolute Gasteiger partial charge is 0.122 e. The number of hydrogen-bond donors (Lipinski definition) is 1. The fraction of sp³-hybridized carbons (Fsp3) is 0.333. The van der Waals surface area contributed by atoms with Crippen molar-refractivity contribution in [2.75, 3.05) is 11.9 Å². The van der Waals surface area contributed by atoms with Crippen LogP contribution in [-0.4, -0.2) is 12.6 Å². The summed E-state index contributed by atoms with van der Waals surface area (Å²) in [6.07, 6.45) is 0.0730. The summed E-state index contributed by atoms with van der Waals surface area (Å²) in [5.74, 6) is 0.951. The summed E-state index contributed by atoms with van der Waals surface area (Å²) in [6, 6.07) is 12.1. The largest absolute Gasteiger partial charge is 0.489 e. The maximum Gasteiger partial charge on any atom is 0.122 e. The number of nitrogens with one attached hydrogen (secondary N) is 1. The van der Waals surface area contributed by atoms with Crippen LogP contribution in [0.2, 0.25) is 5.02 Å². The number of benzene rings is 2. The molecular weight excluding hydrogens is 282 g/mol. The van der Waals surface area contributed by atoms with Crippen molar-refractivity contribution in [3.8, 4) is 5.75 Å². The Morgan fingerprint density at radius 3 is 2.52 bits per heavy atom. The Labute approximate surface area is 132 Å². The number of aryl methyl sites for hydroxylation is 3. The van der Waals surface area contributed by atoms with Gasteiger partial charge in [-0.2, -0.15) is 0 Å². The van der Waals surface area contributed by atoms with Crippen molar-refractivity contribution in [3.63, 3.8) is 0 Å². The number of anilines is 1. The first-order valence-electron chi connectivity index (χ1n) is 7.19. The fourth-order valence-corrected chi connectivity index (χ4v) is 2.30. The molecule has 1 N–H and O–H groups in total. The standard InChI is InChI=1S/C18H22ClNO/c1-12-5-6-14(3)18(9-12)21-15(4)11-20-17-10-16(19)8-7-13(17)2/h5-10,15,20H,11H2,1-4H3. The van der Waals surface area contributed by atoms with Crippen LogP contribution in [-0.2, 0) is 0 Å². The molecule has 0 spiro atoms. The SMILES string of the molecule is Cc1ccc(C)c(OC(C)CNc2cc(Cl)ccc2C)c1. The van der Waals surface area contributed by atoms with Gasteiger partial charge in [0.15, 0.2) is 0 Å². The number of rotatable bonds is 5. The summed E-state index contributed by atoms with van der Waals surface area (Å²) >= 11 is 6.03. The molecule has 1 unspecified atom stereocenters. The molecule has 0 aliphatic rings. The van der Waals surface area contributed by atoms with Gasteiger partial charge >= 0.3 is 0 Å². The predicted molar refractivity (Wildman–Crippen MR) is 90.7 cm³/mol. The zero-order valence-corrected chi connectivity index (χ0v) is 13.8. The first kappa shape index (κ1) is 15.7. The summed E-state index contributed by atoms with van der Waals surface area (Å²) in [6.45, 7) is 9.00. The van der Waals surface area contributed by atoms with Gasteiger partial charge in [0.25, 0.3) is 0 Å². The van der Waals surface area contributed by atoms with Crippen molar-refractivity contribution in [2.24, 2.45) is 0 Å². The lowest BCUT2D eigenvalue weighted by atomic mass is 10.1. The Morgan fingerprint density at radius 2 is 1.76 bits per heavy atom. The third-order valence-corrected chi connectivity index (χ3v) is 3.69. The first-order valence-corrected chi connectivity index (χ1v) is 7.57. The van der Waals surface area contributed by atoms with Crippen LogP contribution in [0.3, 0.4) is 0 Å². The number of ether oxygens (including phenoxy) is 1. The van der Waals surface area contributed by atoms with E-state index in [2.05, 4.69) is 51.2 Å². The summed E-state index contributed by atoms with van der Waals surface area (Å²) < 4.78 is 6.02. The van der Waals surface area contributed by atoms with E-state index in [9.17, 15) is 0 Å². The molecule has 0 amide bonds. The molecule has 0 radical (unpaired) electrons. The van der Waals surface area contributed by atoms with Crippen molar-refractivity contribution < 1.29 is 4.74 Å². The van der Waals surface area contributed by atoms with Gasteiger partial charge in [-0.05, 0) is 62.6 Å². The molecule has 0 saturated carbocycles. The monoisotopic (exact) mass is 303 g/mol. The summed E-state index contributed by atoms with van der Waals surface area (Å²) in [7, 11) is 0. The lowest BCUT2D eigenvalue weighted by Crippen LogP contribution is -2.23. The topological polar surface area (TPSA) is 21.3 Å². The highest BCUT2D eigenvalue weighted by Crippen LogP contribution is 2.22. The number of halogens is 1. The Kier molecular flexibility index (Phi) is 5.13.